The number of rotatable bonds is 4. The monoisotopic (exact) mass is 356 g/mol. The SMILES string of the molecule is CN(C(=O)Cl)C1(C)C=CC=C(CC2=CC=CC(C)(N=C=O)C=C2)C=C1. The maximum absolute atomic E-state index is 11.5. The molecule has 2 rings (SSSR count). The third-order valence-corrected chi connectivity index (χ3v) is 4.69. The van der Waals surface area contributed by atoms with Gasteiger partial charge >= 0.3 is 5.37 Å². The van der Waals surface area contributed by atoms with Crippen LogP contribution in [0.2, 0.25) is 0 Å². The molecule has 0 saturated heterocycles. The predicted octanol–water partition coefficient (Wildman–Crippen LogP) is 4.63. The van der Waals surface area contributed by atoms with Gasteiger partial charge in [-0.25, -0.2) is 4.79 Å². The molecule has 0 spiro atoms. The zero-order valence-corrected chi connectivity index (χ0v) is 15.3. The minimum absolute atomic E-state index is 0.505. The largest absolute Gasteiger partial charge is 0.320 e. The molecule has 0 fully saturated rings. The average molecular weight is 357 g/mol. The lowest BCUT2D eigenvalue weighted by Crippen LogP contribution is -2.41. The van der Waals surface area contributed by atoms with Crippen molar-refractivity contribution in [2.45, 2.75) is 31.3 Å². The lowest BCUT2D eigenvalue weighted by molar-refractivity contribution is 0.210. The van der Waals surface area contributed by atoms with Crippen molar-refractivity contribution in [3.05, 3.63) is 71.9 Å². The molecule has 0 heterocycles. The van der Waals surface area contributed by atoms with Gasteiger partial charge in [0.1, 0.15) is 5.54 Å². The van der Waals surface area contributed by atoms with E-state index in [0.29, 0.717) is 0 Å². The van der Waals surface area contributed by atoms with Gasteiger partial charge in [0, 0.05) is 7.05 Å². The fourth-order valence-electron chi connectivity index (χ4n) is 2.56. The molecule has 2 unspecified atom stereocenters. The number of isocyanates is 1. The van der Waals surface area contributed by atoms with Crippen molar-refractivity contribution in [3.63, 3.8) is 0 Å². The van der Waals surface area contributed by atoms with E-state index in [-0.39, 0.29) is 0 Å². The van der Waals surface area contributed by atoms with Crippen LogP contribution in [0.5, 0.6) is 0 Å². The topological polar surface area (TPSA) is 49.7 Å². The van der Waals surface area contributed by atoms with Gasteiger partial charge in [-0.15, -0.1) is 0 Å². The molecule has 0 saturated carbocycles. The Labute approximate surface area is 153 Å². The highest BCUT2D eigenvalue weighted by Crippen LogP contribution is 2.26. The fourth-order valence-corrected chi connectivity index (χ4v) is 2.75. The van der Waals surface area contributed by atoms with Gasteiger partial charge in [-0.1, -0.05) is 60.8 Å². The first-order valence-electron chi connectivity index (χ1n) is 7.96. The normalized spacial score (nSPS) is 27.7. The summed E-state index contributed by atoms with van der Waals surface area (Å²) < 4.78 is 0. The zero-order chi connectivity index (χ0) is 18.5. The van der Waals surface area contributed by atoms with Gasteiger partial charge in [0.05, 0.1) is 5.54 Å². The molecule has 0 aliphatic heterocycles. The highest BCUT2D eigenvalue weighted by atomic mass is 35.5. The fraction of sp³-hybridized carbons (Fsp3) is 0.300. The second-order valence-electron chi connectivity index (χ2n) is 6.51. The molecule has 5 heteroatoms. The smallest absolute Gasteiger partial charge is 0.317 e. The third-order valence-electron chi connectivity index (χ3n) is 4.44. The van der Waals surface area contributed by atoms with Crippen molar-refractivity contribution in [2.24, 2.45) is 4.99 Å². The van der Waals surface area contributed by atoms with Gasteiger partial charge in [-0.3, -0.25) is 4.79 Å². The molecule has 1 amide bonds. The Morgan fingerprint density at radius 2 is 1.72 bits per heavy atom. The van der Waals surface area contributed by atoms with E-state index in [2.05, 4.69) is 4.99 Å². The Morgan fingerprint density at radius 3 is 2.32 bits per heavy atom. The van der Waals surface area contributed by atoms with Crippen molar-refractivity contribution in [3.8, 4) is 0 Å². The number of carbonyl (C=O) groups is 1. The number of halogens is 1. The summed E-state index contributed by atoms with van der Waals surface area (Å²) in [6.07, 6.45) is 21.8. The van der Waals surface area contributed by atoms with E-state index in [1.54, 1.807) is 13.1 Å². The standard InChI is InChI=1S/C20H21ClN2O2/c1-19(22-15-24)10-4-6-16(8-12-19)14-17-7-5-11-20(2,13-9-17)23(3)18(21)25/h4-13H,14H2,1-3H3. The van der Waals surface area contributed by atoms with Crippen molar-refractivity contribution in [2.75, 3.05) is 7.05 Å². The lowest BCUT2D eigenvalue weighted by atomic mass is 9.98. The highest BCUT2D eigenvalue weighted by Gasteiger charge is 2.27. The summed E-state index contributed by atoms with van der Waals surface area (Å²) in [5.41, 5.74) is 0.968. The van der Waals surface area contributed by atoms with E-state index in [9.17, 15) is 9.59 Å². The summed E-state index contributed by atoms with van der Waals surface area (Å²) in [6, 6.07) is 0. The van der Waals surface area contributed by atoms with Gasteiger partial charge in [0.2, 0.25) is 6.08 Å². The van der Waals surface area contributed by atoms with Crippen LogP contribution in [0.3, 0.4) is 0 Å². The number of amides is 1. The molecule has 0 radical (unpaired) electrons. The van der Waals surface area contributed by atoms with Crippen LogP contribution in [-0.4, -0.2) is 34.5 Å². The number of hydrogen-bond acceptors (Lipinski definition) is 3. The summed E-state index contributed by atoms with van der Waals surface area (Å²) in [4.78, 5) is 27.3. The van der Waals surface area contributed by atoms with Crippen LogP contribution >= 0.6 is 11.6 Å². The van der Waals surface area contributed by atoms with Crippen molar-refractivity contribution in [1.29, 1.82) is 0 Å². The summed E-state index contributed by atoms with van der Waals surface area (Å²) >= 11 is 5.61. The molecule has 0 aromatic heterocycles. The first-order chi connectivity index (χ1) is 11.8. The average Bonchev–Trinajstić information content (AvgIpc) is 2.85. The molecule has 25 heavy (non-hydrogen) atoms. The van der Waals surface area contributed by atoms with Gasteiger partial charge in [0.15, 0.2) is 0 Å². The second kappa shape index (κ2) is 7.64. The maximum Gasteiger partial charge on any atom is 0.317 e. The Balaban J connectivity index is 2.15. The first kappa shape index (κ1) is 18.9. The molecule has 2 aliphatic rings. The molecule has 0 aromatic carbocycles. The summed E-state index contributed by atoms with van der Waals surface area (Å²) in [5.74, 6) is 0. The Bertz CT molecular complexity index is 782. The van der Waals surface area contributed by atoms with Crippen molar-refractivity contribution < 1.29 is 9.59 Å². The minimum Gasteiger partial charge on any atom is -0.320 e. The van der Waals surface area contributed by atoms with Gasteiger partial charge in [-0.2, -0.15) is 4.99 Å². The predicted molar refractivity (Wildman–Crippen MR) is 101 cm³/mol. The summed E-state index contributed by atoms with van der Waals surface area (Å²) in [7, 11) is 1.67. The van der Waals surface area contributed by atoms with E-state index >= 15 is 0 Å². The van der Waals surface area contributed by atoms with Crippen molar-refractivity contribution >= 4 is 23.0 Å². The minimum atomic E-state index is -0.657. The zero-order valence-electron chi connectivity index (χ0n) is 14.6. The number of carbonyl (C=O) groups excluding carboxylic acids is 2. The number of nitrogens with zero attached hydrogens (tertiary/aromatic N) is 2. The molecular weight excluding hydrogens is 336 g/mol. The molecule has 4 nitrogen and oxygen atoms in total. The third kappa shape index (κ3) is 4.79. The van der Waals surface area contributed by atoms with Crippen LogP contribution in [-0.2, 0) is 4.79 Å². The lowest BCUT2D eigenvalue weighted by Gasteiger charge is -2.31. The molecule has 2 atom stereocenters. The van der Waals surface area contributed by atoms with E-state index in [4.69, 9.17) is 11.6 Å². The Hall–Kier alpha value is -2.42. The van der Waals surface area contributed by atoms with E-state index in [0.717, 1.165) is 17.6 Å². The van der Waals surface area contributed by atoms with Crippen LogP contribution in [0.4, 0.5) is 4.79 Å². The maximum atomic E-state index is 11.5. The van der Waals surface area contributed by atoms with E-state index in [1.165, 1.54) is 4.90 Å². The molecule has 0 N–H and O–H groups in total. The molecule has 2 aliphatic carbocycles. The first-order valence-corrected chi connectivity index (χ1v) is 8.33. The Kier molecular flexibility index (Phi) is 5.78. The summed E-state index contributed by atoms with van der Waals surface area (Å²) in [6.45, 7) is 3.77. The number of allylic oxidation sites excluding steroid dienone is 8. The number of aliphatic imine (C=N–C) groups is 1. The highest BCUT2D eigenvalue weighted by molar-refractivity contribution is 6.62. The van der Waals surface area contributed by atoms with Crippen LogP contribution in [0.15, 0.2) is 76.9 Å². The van der Waals surface area contributed by atoms with Gasteiger partial charge < -0.3 is 4.90 Å². The molecular formula is C20H21ClN2O2. The van der Waals surface area contributed by atoms with E-state index in [1.807, 2.05) is 74.6 Å². The van der Waals surface area contributed by atoms with Crippen LogP contribution in [0, 0.1) is 0 Å². The quantitative estimate of drug-likeness (QED) is 0.319. The second-order valence-corrected chi connectivity index (χ2v) is 6.83. The molecule has 0 bridgehead atoms. The van der Waals surface area contributed by atoms with Crippen LogP contribution in [0.1, 0.15) is 20.3 Å². The number of hydrogen-bond donors (Lipinski definition) is 0. The molecule has 130 valence electrons. The van der Waals surface area contributed by atoms with Crippen molar-refractivity contribution in [1.82, 2.24) is 4.90 Å². The molecule has 0 aromatic rings. The van der Waals surface area contributed by atoms with E-state index < -0.39 is 16.4 Å². The Morgan fingerprint density at radius 1 is 1.12 bits per heavy atom. The summed E-state index contributed by atoms with van der Waals surface area (Å²) in [5, 5.41) is -0.505. The number of likely N-dealkylation sites (N-methyl/N-ethyl adjacent to an activating group) is 1. The van der Waals surface area contributed by atoms with Crippen LogP contribution < -0.4 is 0 Å². The van der Waals surface area contributed by atoms with Gasteiger partial charge in [-0.05, 0) is 43.0 Å². The van der Waals surface area contributed by atoms with Gasteiger partial charge in [0.25, 0.3) is 0 Å². The van der Waals surface area contributed by atoms with Crippen LogP contribution in [0.25, 0.3) is 0 Å².